The number of nitrogens with two attached hydrogens (primary N) is 1. The van der Waals surface area contributed by atoms with Gasteiger partial charge < -0.3 is 15.5 Å². The molecule has 2 amide bonds. The molecule has 2 aliphatic rings. The van der Waals surface area contributed by atoms with Crippen molar-refractivity contribution in [2.45, 2.75) is 44.6 Å². The second-order valence-electron chi connectivity index (χ2n) is 6.86. The molecule has 1 heterocycles. The number of nitrogens with zero attached hydrogens (tertiary/aromatic N) is 2. The maximum absolute atomic E-state index is 12.9. The van der Waals surface area contributed by atoms with Crippen LogP contribution in [-0.4, -0.2) is 42.4 Å². The van der Waals surface area contributed by atoms with Gasteiger partial charge in [-0.15, -0.1) is 0 Å². The fourth-order valence-electron chi connectivity index (χ4n) is 4.20. The molecular weight excluding hydrogens is 302 g/mol. The van der Waals surface area contributed by atoms with Crippen molar-refractivity contribution in [2.75, 3.05) is 24.5 Å². The molecule has 0 bridgehead atoms. The molecule has 1 saturated heterocycles. The number of carbonyl (C=O) groups excluding carboxylic acids is 2. The maximum Gasteiger partial charge on any atom is 0.242 e. The van der Waals surface area contributed by atoms with E-state index in [1.807, 2.05) is 35.2 Å². The largest absolute Gasteiger partial charge is 0.338 e. The van der Waals surface area contributed by atoms with Crippen LogP contribution in [0.4, 0.5) is 5.69 Å². The van der Waals surface area contributed by atoms with Crippen LogP contribution in [0.5, 0.6) is 0 Å². The molecule has 2 unspecified atom stereocenters. The van der Waals surface area contributed by atoms with E-state index < -0.39 is 0 Å². The summed E-state index contributed by atoms with van der Waals surface area (Å²) in [5, 5.41) is 0. The average molecular weight is 329 g/mol. The van der Waals surface area contributed by atoms with Crippen LogP contribution >= 0.6 is 0 Å². The maximum atomic E-state index is 12.9. The van der Waals surface area contributed by atoms with Crippen molar-refractivity contribution in [3.05, 3.63) is 30.3 Å². The van der Waals surface area contributed by atoms with Gasteiger partial charge in [-0.2, -0.15) is 0 Å². The monoisotopic (exact) mass is 329 g/mol. The second kappa shape index (κ2) is 7.79. The topological polar surface area (TPSA) is 66.6 Å². The van der Waals surface area contributed by atoms with Crippen LogP contribution in [-0.2, 0) is 9.59 Å². The number of likely N-dealkylation sites (tertiary alicyclic amines) is 1. The van der Waals surface area contributed by atoms with Crippen molar-refractivity contribution in [3.63, 3.8) is 0 Å². The molecule has 1 aromatic rings. The molecule has 24 heavy (non-hydrogen) atoms. The van der Waals surface area contributed by atoms with E-state index in [2.05, 4.69) is 0 Å². The zero-order chi connectivity index (χ0) is 16.9. The zero-order valence-electron chi connectivity index (χ0n) is 14.2. The highest BCUT2D eigenvalue weighted by molar-refractivity contribution is 5.99. The van der Waals surface area contributed by atoms with Crippen LogP contribution in [0.2, 0.25) is 0 Å². The van der Waals surface area contributed by atoms with Gasteiger partial charge in [-0.3, -0.25) is 9.59 Å². The molecule has 0 aromatic heterocycles. The molecule has 5 heteroatoms. The number of carbonyl (C=O) groups is 2. The van der Waals surface area contributed by atoms with Crippen molar-refractivity contribution in [1.29, 1.82) is 0 Å². The smallest absolute Gasteiger partial charge is 0.242 e. The molecule has 130 valence electrons. The Kier molecular flexibility index (Phi) is 5.51. The zero-order valence-corrected chi connectivity index (χ0v) is 14.2. The van der Waals surface area contributed by atoms with E-state index in [0.29, 0.717) is 12.0 Å². The normalized spacial score (nSPS) is 23.5. The highest BCUT2D eigenvalue weighted by Gasteiger charge is 2.36. The van der Waals surface area contributed by atoms with Crippen molar-refractivity contribution in [2.24, 2.45) is 11.7 Å². The van der Waals surface area contributed by atoms with Gasteiger partial charge in [0.25, 0.3) is 0 Å². The highest BCUT2D eigenvalue weighted by Crippen LogP contribution is 2.35. The van der Waals surface area contributed by atoms with Crippen molar-refractivity contribution in [3.8, 4) is 0 Å². The molecule has 1 saturated carbocycles. The molecule has 2 N–H and O–H groups in total. The lowest BCUT2D eigenvalue weighted by atomic mass is 9.78. The summed E-state index contributed by atoms with van der Waals surface area (Å²) in [5.74, 6) is 0.482. The van der Waals surface area contributed by atoms with Crippen LogP contribution in [0.15, 0.2) is 30.3 Å². The molecule has 2 fully saturated rings. The van der Waals surface area contributed by atoms with Gasteiger partial charge in [0, 0.05) is 18.3 Å². The third-order valence-electron chi connectivity index (χ3n) is 5.40. The minimum Gasteiger partial charge on any atom is -0.338 e. The predicted octanol–water partition coefficient (Wildman–Crippen LogP) is 2.16. The second-order valence-corrected chi connectivity index (χ2v) is 6.86. The minimum atomic E-state index is -0.216. The Balaban J connectivity index is 1.74. The van der Waals surface area contributed by atoms with Gasteiger partial charge in [-0.05, 0) is 43.7 Å². The van der Waals surface area contributed by atoms with Gasteiger partial charge in [-0.1, -0.05) is 31.0 Å². The van der Waals surface area contributed by atoms with Crippen molar-refractivity contribution in [1.82, 2.24) is 4.90 Å². The molecule has 1 aliphatic carbocycles. The van der Waals surface area contributed by atoms with Crippen molar-refractivity contribution < 1.29 is 9.59 Å². The van der Waals surface area contributed by atoms with Crippen molar-refractivity contribution >= 4 is 17.5 Å². The van der Waals surface area contributed by atoms with E-state index in [1.54, 1.807) is 0 Å². The predicted molar refractivity (Wildman–Crippen MR) is 94.5 cm³/mol. The summed E-state index contributed by atoms with van der Waals surface area (Å²) in [6.07, 6.45) is 7.13. The Bertz CT molecular complexity index is 573. The lowest BCUT2D eigenvalue weighted by Crippen LogP contribution is -2.53. The number of para-hydroxylation sites is 1. The molecule has 0 spiro atoms. The number of amides is 2. The Morgan fingerprint density at radius 1 is 1.08 bits per heavy atom. The quantitative estimate of drug-likeness (QED) is 0.920. The molecule has 3 rings (SSSR count). The Morgan fingerprint density at radius 3 is 2.54 bits per heavy atom. The summed E-state index contributed by atoms with van der Waals surface area (Å²) in [6, 6.07) is 9.70. The average Bonchev–Trinajstić information content (AvgIpc) is 2.65. The fourth-order valence-corrected chi connectivity index (χ4v) is 4.20. The van der Waals surface area contributed by atoms with Gasteiger partial charge in [0.05, 0.1) is 6.54 Å². The van der Waals surface area contributed by atoms with Crippen LogP contribution in [0.25, 0.3) is 0 Å². The van der Waals surface area contributed by atoms with E-state index in [0.717, 1.165) is 25.1 Å². The summed E-state index contributed by atoms with van der Waals surface area (Å²) < 4.78 is 0. The van der Waals surface area contributed by atoms with E-state index in [4.69, 9.17) is 5.73 Å². The third kappa shape index (κ3) is 3.61. The third-order valence-corrected chi connectivity index (χ3v) is 5.40. The standard InChI is InChI=1S/C19H27N3O2/c20-13-18(23)22(16-9-2-1-3-10-16)14-19(24)21-12-6-8-15-7-4-5-11-17(15)21/h1-3,9-10,15,17H,4-8,11-14,20H2. The number of rotatable bonds is 4. The molecule has 2 atom stereocenters. The summed E-state index contributed by atoms with van der Waals surface area (Å²) in [5.41, 5.74) is 6.29. The summed E-state index contributed by atoms with van der Waals surface area (Å²) in [6.45, 7) is 0.816. The first-order valence-corrected chi connectivity index (χ1v) is 9.05. The van der Waals surface area contributed by atoms with Crippen LogP contribution in [0.1, 0.15) is 38.5 Å². The van der Waals surface area contributed by atoms with Gasteiger partial charge in [0.1, 0.15) is 6.54 Å². The van der Waals surface area contributed by atoms with Gasteiger partial charge >= 0.3 is 0 Å². The summed E-state index contributed by atoms with van der Waals surface area (Å²) >= 11 is 0. The lowest BCUT2D eigenvalue weighted by Gasteiger charge is -2.44. The lowest BCUT2D eigenvalue weighted by molar-refractivity contribution is -0.137. The Morgan fingerprint density at radius 2 is 1.79 bits per heavy atom. The number of piperidine rings is 1. The molecule has 1 aliphatic heterocycles. The van der Waals surface area contributed by atoms with E-state index in [9.17, 15) is 9.59 Å². The van der Waals surface area contributed by atoms with Crippen LogP contribution < -0.4 is 10.6 Å². The molecule has 1 aromatic carbocycles. The Hall–Kier alpha value is -1.88. The van der Waals surface area contributed by atoms with Crippen LogP contribution in [0.3, 0.4) is 0 Å². The van der Waals surface area contributed by atoms with E-state index in [-0.39, 0.29) is 24.9 Å². The van der Waals surface area contributed by atoms with E-state index >= 15 is 0 Å². The van der Waals surface area contributed by atoms with Gasteiger partial charge in [-0.25, -0.2) is 0 Å². The fraction of sp³-hybridized carbons (Fsp3) is 0.579. The first kappa shape index (κ1) is 17.0. The SMILES string of the molecule is NCC(=O)N(CC(=O)N1CCCC2CCCCC21)c1ccccc1. The van der Waals surface area contributed by atoms with Gasteiger partial charge in [0.15, 0.2) is 0 Å². The number of anilines is 1. The number of hydrogen-bond donors (Lipinski definition) is 1. The van der Waals surface area contributed by atoms with Crippen LogP contribution in [0, 0.1) is 5.92 Å². The van der Waals surface area contributed by atoms with Gasteiger partial charge in [0.2, 0.25) is 11.8 Å². The first-order chi connectivity index (χ1) is 11.7. The summed E-state index contributed by atoms with van der Waals surface area (Å²) in [7, 11) is 0. The molecule has 0 radical (unpaired) electrons. The first-order valence-electron chi connectivity index (χ1n) is 9.05. The number of hydrogen-bond acceptors (Lipinski definition) is 3. The molecule has 5 nitrogen and oxygen atoms in total. The minimum absolute atomic E-state index is 0.0530. The van der Waals surface area contributed by atoms with E-state index in [1.165, 1.54) is 30.6 Å². The summed E-state index contributed by atoms with van der Waals surface area (Å²) in [4.78, 5) is 28.7. The molecular formula is C19H27N3O2. The number of benzene rings is 1. The highest BCUT2D eigenvalue weighted by atomic mass is 16.2. The number of fused-ring (bicyclic) bond motifs is 1. The Labute approximate surface area is 143 Å².